The normalized spacial score (nSPS) is 11.9. The number of carboxylic acids is 1. The average Bonchev–Trinajstić information content (AvgIpc) is 2.97. The molecule has 0 aliphatic rings. The zero-order valence-electron chi connectivity index (χ0n) is 23.0. The number of allylic oxidation sites excluding steroid dienone is 1. The molecule has 4 aromatic carbocycles. The Kier molecular flexibility index (Phi) is 10.5. The summed E-state index contributed by atoms with van der Waals surface area (Å²) >= 11 is 6.23. The van der Waals surface area contributed by atoms with Crippen LogP contribution in [0.3, 0.4) is 0 Å². The minimum Gasteiger partial charge on any atom is -0.481 e. The number of nitrogens with one attached hydrogen (secondary N) is 1. The number of unbranched alkanes of at least 4 members (excludes halogenated alkanes) is 1. The zero-order valence-corrected chi connectivity index (χ0v) is 24.6. The van der Waals surface area contributed by atoms with E-state index < -0.39 is 16.0 Å². The van der Waals surface area contributed by atoms with Crippen LogP contribution in [0.15, 0.2) is 108 Å². The van der Waals surface area contributed by atoms with Crippen molar-refractivity contribution in [3.8, 4) is 11.1 Å². The Morgan fingerprint density at radius 3 is 2.10 bits per heavy atom. The van der Waals surface area contributed by atoms with Gasteiger partial charge in [-0.3, -0.25) is 4.79 Å². The van der Waals surface area contributed by atoms with Gasteiger partial charge in [-0.1, -0.05) is 97.4 Å². The van der Waals surface area contributed by atoms with Gasteiger partial charge in [0.2, 0.25) is 10.0 Å². The molecular formula is C34H34ClNO4S. The maximum atomic E-state index is 12.9. The van der Waals surface area contributed by atoms with Crippen LogP contribution in [0.4, 0.5) is 0 Å². The van der Waals surface area contributed by atoms with Crippen molar-refractivity contribution in [2.45, 2.75) is 43.9 Å². The summed E-state index contributed by atoms with van der Waals surface area (Å²) < 4.78 is 28.5. The minimum absolute atomic E-state index is 0.116. The SMILES string of the molecule is CCc1ccc(-c2ccc(S(=O)(=O)NCCc3ccc(/C(=C/CCCC(=O)O)c4cccc(Cl)c4)cc3)cc2)cc1. The number of aryl methyl sites for hydroxylation is 1. The Morgan fingerprint density at radius 2 is 1.49 bits per heavy atom. The highest BCUT2D eigenvalue weighted by Crippen LogP contribution is 2.27. The molecule has 0 heterocycles. The first-order valence-corrected chi connectivity index (χ1v) is 15.6. The first-order chi connectivity index (χ1) is 19.7. The zero-order chi connectivity index (χ0) is 29.2. The molecule has 0 aromatic heterocycles. The number of hydrogen-bond donors (Lipinski definition) is 2. The van der Waals surface area contributed by atoms with Gasteiger partial charge in [-0.05, 0) is 88.9 Å². The quantitative estimate of drug-likeness (QED) is 0.156. The molecule has 0 unspecified atom stereocenters. The monoisotopic (exact) mass is 587 g/mol. The fourth-order valence-electron chi connectivity index (χ4n) is 4.58. The van der Waals surface area contributed by atoms with Crippen molar-refractivity contribution in [1.82, 2.24) is 4.72 Å². The van der Waals surface area contributed by atoms with Crippen molar-refractivity contribution in [3.05, 3.63) is 130 Å². The summed E-state index contributed by atoms with van der Waals surface area (Å²) in [4.78, 5) is 11.1. The van der Waals surface area contributed by atoms with Gasteiger partial charge in [0, 0.05) is 18.0 Å². The molecule has 212 valence electrons. The first-order valence-electron chi connectivity index (χ1n) is 13.7. The van der Waals surface area contributed by atoms with Gasteiger partial charge in [-0.2, -0.15) is 0 Å². The number of carboxylic acid groups (broad SMARTS) is 1. The maximum Gasteiger partial charge on any atom is 0.303 e. The molecular weight excluding hydrogens is 554 g/mol. The first kappa shape index (κ1) is 30.3. The summed E-state index contributed by atoms with van der Waals surface area (Å²) in [6.07, 6.45) is 4.85. The minimum atomic E-state index is -3.63. The van der Waals surface area contributed by atoms with E-state index in [2.05, 4.69) is 35.9 Å². The second-order valence-corrected chi connectivity index (χ2v) is 12.0. The molecule has 0 saturated carbocycles. The Labute approximate surface area is 247 Å². The fraction of sp³-hybridized carbons (Fsp3) is 0.206. The van der Waals surface area contributed by atoms with Crippen LogP contribution in [0, 0.1) is 0 Å². The molecule has 7 heteroatoms. The van der Waals surface area contributed by atoms with Crippen LogP contribution in [0.5, 0.6) is 0 Å². The smallest absolute Gasteiger partial charge is 0.303 e. The van der Waals surface area contributed by atoms with Crippen molar-refractivity contribution in [2.24, 2.45) is 0 Å². The fourth-order valence-corrected chi connectivity index (χ4v) is 5.80. The van der Waals surface area contributed by atoms with Gasteiger partial charge < -0.3 is 5.11 Å². The molecule has 0 bridgehead atoms. The van der Waals surface area contributed by atoms with Crippen LogP contribution in [-0.2, 0) is 27.7 Å². The second kappa shape index (κ2) is 14.3. The highest BCUT2D eigenvalue weighted by Gasteiger charge is 2.14. The van der Waals surface area contributed by atoms with Gasteiger partial charge in [0.05, 0.1) is 4.90 Å². The molecule has 41 heavy (non-hydrogen) atoms. The Bertz CT molecular complexity index is 1590. The van der Waals surface area contributed by atoms with E-state index in [0.717, 1.165) is 39.8 Å². The number of benzene rings is 4. The van der Waals surface area contributed by atoms with Crippen LogP contribution in [0.25, 0.3) is 16.7 Å². The van der Waals surface area contributed by atoms with E-state index in [-0.39, 0.29) is 17.9 Å². The van der Waals surface area contributed by atoms with Crippen LogP contribution in [0.1, 0.15) is 48.4 Å². The lowest BCUT2D eigenvalue weighted by Gasteiger charge is -2.11. The summed E-state index contributed by atoms with van der Waals surface area (Å²) in [5, 5.41) is 9.58. The maximum absolute atomic E-state index is 12.9. The molecule has 0 radical (unpaired) electrons. The molecule has 0 aliphatic heterocycles. The lowest BCUT2D eigenvalue weighted by Crippen LogP contribution is -2.25. The van der Waals surface area contributed by atoms with Gasteiger partial charge in [-0.15, -0.1) is 0 Å². The summed E-state index contributed by atoms with van der Waals surface area (Å²) in [5.41, 5.74) is 7.20. The van der Waals surface area contributed by atoms with Crippen LogP contribution in [-0.4, -0.2) is 26.0 Å². The van der Waals surface area contributed by atoms with Gasteiger partial charge in [0.1, 0.15) is 0 Å². The molecule has 0 aliphatic carbocycles. The third kappa shape index (κ3) is 8.64. The van der Waals surface area contributed by atoms with Crippen LogP contribution >= 0.6 is 11.6 Å². The van der Waals surface area contributed by atoms with E-state index in [1.54, 1.807) is 12.1 Å². The van der Waals surface area contributed by atoms with Crippen LogP contribution in [0.2, 0.25) is 5.02 Å². The lowest BCUT2D eigenvalue weighted by atomic mass is 9.95. The van der Waals surface area contributed by atoms with Crippen molar-refractivity contribution < 1.29 is 18.3 Å². The average molecular weight is 588 g/mol. The standard InChI is InChI=1S/C34H34ClNO4S/c1-2-25-10-14-27(15-11-25)28-18-20-32(21-19-28)41(39,40)36-23-22-26-12-16-29(17-13-26)33(8-3-4-9-34(37)38)30-6-5-7-31(35)24-30/h5-8,10-21,24,36H,2-4,9,22-23H2,1H3,(H,37,38)/b33-8-. The predicted octanol–water partition coefficient (Wildman–Crippen LogP) is 7.78. The largest absolute Gasteiger partial charge is 0.481 e. The Balaban J connectivity index is 1.38. The number of sulfonamides is 1. The summed E-state index contributed by atoms with van der Waals surface area (Å²) in [5.74, 6) is -0.808. The Morgan fingerprint density at radius 1 is 0.854 bits per heavy atom. The van der Waals surface area contributed by atoms with Crippen molar-refractivity contribution in [1.29, 1.82) is 0 Å². The van der Waals surface area contributed by atoms with E-state index in [4.69, 9.17) is 16.7 Å². The highest BCUT2D eigenvalue weighted by atomic mass is 35.5. The lowest BCUT2D eigenvalue weighted by molar-refractivity contribution is -0.137. The second-order valence-electron chi connectivity index (χ2n) is 9.83. The van der Waals surface area contributed by atoms with Gasteiger partial charge in [0.25, 0.3) is 0 Å². The van der Waals surface area contributed by atoms with Gasteiger partial charge in [-0.25, -0.2) is 13.1 Å². The molecule has 0 fully saturated rings. The number of halogens is 1. The Hall–Kier alpha value is -3.71. The van der Waals surface area contributed by atoms with E-state index in [1.807, 2.05) is 66.7 Å². The van der Waals surface area contributed by atoms with E-state index in [1.165, 1.54) is 5.56 Å². The molecule has 4 aromatic rings. The summed E-state index contributed by atoms with van der Waals surface area (Å²) in [7, 11) is -3.63. The third-order valence-electron chi connectivity index (χ3n) is 6.91. The van der Waals surface area contributed by atoms with E-state index >= 15 is 0 Å². The highest BCUT2D eigenvalue weighted by molar-refractivity contribution is 7.89. The molecule has 2 N–H and O–H groups in total. The topological polar surface area (TPSA) is 83.5 Å². The molecule has 4 rings (SSSR count). The van der Waals surface area contributed by atoms with Crippen molar-refractivity contribution >= 4 is 33.2 Å². The number of hydrogen-bond acceptors (Lipinski definition) is 3. The van der Waals surface area contributed by atoms with Crippen LogP contribution < -0.4 is 4.72 Å². The van der Waals surface area contributed by atoms with Crippen molar-refractivity contribution in [3.63, 3.8) is 0 Å². The summed E-state index contributed by atoms with van der Waals surface area (Å²) in [6.45, 7) is 2.39. The van der Waals surface area contributed by atoms with E-state index in [0.29, 0.717) is 24.3 Å². The molecule has 0 amide bonds. The number of rotatable bonds is 13. The summed E-state index contributed by atoms with van der Waals surface area (Å²) in [6, 6.07) is 30.8. The molecule has 0 spiro atoms. The van der Waals surface area contributed by atoms with Gasteiger partial charge >= 0.3 is 5.97 Å². The number of aliphatic carboxylic acids is 1. The van der Waals surface area contributed by atoms with Crippen molar-refractivity contribution in [2.75, 3.05) is 6.54 Å². The third-order valence-corrected chi connectivity index (χ3v) is 8.62. The van der Waals surface area contributed by atoms with Gasteiger partial charge in [0.15, 0.2) is 0 Å². The van der Waals surface area contributed by atoms with E-state index in [9.17, 15) is 13.2 Å². The number of carbonyl (C=O) groups is 1. The molecule has 0 atom stereocenters. The molecule has 5 nitrogen and oxygen atoms in total. The molecule has 0 saturated heterocycles. The predicted molar refractivity (Wildman–Crippen MR) is 167 cm³/mol.